The zero-order valence-corrected chi connectivity index (χ0v) is 20.1. The third-order valence-corrected chi connectivity index (χ3v) is 5.86. The summed E-state index contributed by atoms with van der Waals surface area (Å²) in [5.74, 6) is -0.361. The predicted molar refractivity (Wildman–Crippen MR) is 127 cm³/mol. The molecule has 33 heavy (non-hydrogen) atoms. The molecule has 2 bridgehead atoms. The van der Waals surface area contributed by atoms with Crippen LogP contribution in [0.3, 0.4) is 0 Å². The van der Waals surface area contributed by atoms with Crippen LogP contribution in [-0.2, 0) is 20.8 Å². The third kappa shape index (κ3) is 9.42. The second-order valence-electron chi connectivity index (χ2n) is 8.91. The Balaban J connectivity index is 2.15. The van der Waals surface area contributed by atoms with Crippen LogP contribution in [0.5, 0.6) is 5.75 Å². The summed E-state index contributed by atoms with van der Waals surface area (Å²) in [4.78, 5) is 37.3. The number of carbonyl (C=O) groups excluding carboxylic acids is 3. The molecule has 0 aromatic heterocycles. The van der Waals surface area contributed by atoms with E-state index >= 15 is 0 Å². The number of hydrogen-bond acceptors (Lipinski definition) is 5. The summed E-state index contributed by atoms with van der Waals surface area (Å²) in [5.41, 5.74) is 0.906. The highest BCUT2D eigenvalue weighted by Crippen LogP contribution is 2.19. The van der Waals surface area contributed by atoms with Gasteiger partial charge in [-0.15, -0.1) is 0 Å². The lowest BCUT2D eigenvalue weighted by Gasteiger charge is -2.28. The molecule has 0 saturated carbocycles. The minimum atomic E-state index is -0.941. The maximum Gasteiger partial charge on any atom is 0.242 e. The molecule has 1 aliphatic rings. The zero-order chi connectivity index (χ0) is 24.2. The molecule has 4 atom stereocenters. The third-order valence-electron chi connectivity index (χ3n) is 5.86. The van der Waals surface area contributed by atoms with Crippen LogP contribution in [0.25, 0.3) is 0 Å². The van der Waals surface area contributed by atoms with Crippen molar-refractivity contribution in [1.29, 1.82) is 0 Å². The summed E-state index contributed by atoms with van der Waals surface area (Å²) in [7, 11) is 0. The van der Waals surface area contributed by atoms with E-state index < -0.39 is 24.1 Å². The van der Waals surface area contributed by atoms with Gasteiger partial charge in [0, 0.05) is 18.9 Å². The average molecular weight is 462 g/mol. The molecule has 1 aromatic carbocycles. The number of aliphatic hydroxyl groups excluding tert-OH is 1. The molecule has 2 rings (SSSR count). The van der Waals surface area contributed by atoms with Crippen LogP contribution in [0.15, 0.2) is 24.3 Å². The summed E-state index contributed by atoms with van der Waals surface area (Å²) < 4.78 is 5.80. The van der Waals surface area contributed by atoms with Crippen molar-refractivity contribution in [1.82, 2.24) is 16.0 Å². The number of unbranched alkanes of at least 4 members (excludes halogenated alkanes) is 1. The van der Waals surface area contributed by atoms with Crippen LogP contribution in [0.4, 0.5) is 0 Å². The van der Waals surface area contributed by atoms with E-state index in [1.807, 2.05) is 24.3 Å². The molecule has 0 spiro atoms. The van der Waals surface area contributed by atoms with Crippen LogP contribution < -0.4 is 20.7 Å². The Morgan fingerprint density at radius 2 is 2.06 bits per heavy atom. The number of ether oxygens (including phenoxy) is 1. The lowest BCUT2D eigenvalue weighted by molar-refractivity contribution is -0.129. The van der Waals surface area contributed by atoms with Crippen molar-refractivity contribution in [2.75, 3.05) is 13.2 Å². The van der Waals surface area contributed by atoms with E-state index in [0.717, 1.165) is 24.8 Å². The van der Waals surface area contributed by atoms with Gasteiger partial charge in [0.1, 0.15) is 11.8 Å². The smallest absolute Gasteiger partial charge is 0.242 e. The number of carbonyl (C=O) groups is 3. The number of rotatable bonds is 7. The van der Waals surface area contributed by atoms with Crippen molar-refractivity contribution >= 4 is 17.7 Å². The van der Waals surface area contributed by atoms with Gasteiger partial charge < -0.3 is 25.8 Å². The lowest BCUT2D eigenvalue weighted by atomic mass is 9.93. The van der Waals surface area contributed by atoms with Gasteiger partial charge in [0.15, 0.2) is 0 Å². The number of fused-ring (bicyclic) bond motifs is 2. The van der Waals surface area contributed by atoms with E-state index in [2.05, 4.69) is 22.9 Å². The Labute approximate surface area is 196 Å². The first-order chi connectivity index (χ1) is 15.8. The predicted octanol–water partition coefficient (Wildman–Crippen LogP) is 2.08. The fraction of sp³-hybridized carbons (Fsp3) is 0.640. The van der Waals surface area contributed by atoms with Crippen molar-refractivity contribution in [3.05, 3.63) is 29.8 Å². The standard InChI is InChI=1S/C25H39N3O5/c1-4-5-12-26-24(31)17(2)14-22(29)21-16-19-9-8-10-20(15-19)33-13-7-6-11-23(30)27-18(3)25(32)28-21/h8-10,15,17-18,21-22,29H,4-7,11-14,16H2,1-3H3,(H,26,31)(H,27,30)(H,28,32)/t17-,18+,21-,22+/m1/s1. The van der Waals surface area contributed by atoms with Gasteiger partial charge in [-0.2, -0.15) is 0 Å². The Bertz CT molecular complexity index is 785. The molecule has 1 heterocycles. The molecule has 0 saturated heterocycles. The van der Waals surface area contributed by atoms with E-state index in [9.17, 15) is 19.5 Å². The SMILES string of the molecule is CCCCNC(=O)[C@H](C)C[C@H](O)[C@H]1Cc2cccc(c2)OCCCCC(=O)N[C@@H](C)C(=O)N1. The molecule has 0 unspecified atom stereocenters. The Kier molecular flexibility index (Phi) is 11.2. The molecule has 1 aliphatic heterocycles. The highest BCUT2D eigenvalue weighted by atomic mass is 16.5. The average Bonchev–Trinajstić information content (AvgIpc) is 2.78. The van der Waals surface area contributed by atoms with Crippen LogP contribution in [0.1, 0.15) is 64.9 Å². The summed E-state index contributed by atoms with van der Waals surface area (Å²) in [6, 6.07) is 6.22. The van der Waals surface area contributed by atoms with E-state index in [-0.39, 0.29) is 24.1 Å². The lowest BCUT2D eigenvalue weighted by Crippen LogP contribution is -2.52. The summed E-state index contributed by atoms with van der Waals surface area (Å²) in [6.45, 7) is 6.57. The van der Waals surface area contributed by atoms with Crippen LogP contribution in [-0.4, -0.2) is 54.2 Å². The van der Waals surface area contributed by atoms with Gasteiger partial charge in [-0.1, -0.05) is 32.4 Å². The molecule has 0 radical (unpaired) electrons. The van der Waals surface area contributed by atoms with E-state index in [1.165, 1.54) is 0 Å². The van der Waals surface area contributed by atoms with Gasteiger partial charge in [0.2, 0.25) is 17.7 Å². The molecule has 0 fully saturated rings. The Hall–Kier alpha value is -2.61. The van der Waals surface area contributed by atoms with Crippen molar-refractivity contribution in [2.45, 2.75) is 83.9 Å². The van der Waals surface area contributed by atoms with Gasteiger partial charge in [-0.25, -0.2) is 0 Å². The first kappa shape index (κ1) is 26.6. The van der Waals surface area contributed by atoms with Crippen molar-refractivity contribution in [2.24, 2.45) is 5.92 Å². The molecule has 1 aromatic rings. The number of benzene rings is 1. The van der Waals surface area contributed by atoms with Crippen molar-refractivity contribution < 1.29 is 24.2 Å². The summed E-state index contributed by atoms with van der Waals surface area (Å²) in [5, 5.41) is 19.5. The second kappa shape index (κ2) is 13.8. The number of nitrogens with one attached hydrogen (secondary N) is 3. The molecule has 4 N–H and O–H groups in total. The van der Waals surface area contributed by atoms with E-state index in [0.29, 0.717) is 38.2 Å². The minimum Gasteiger partial charge on any atom is -0.494 e. The fourth-order valence-electron chi connectivity index (χ4n) is 3.76. The van der Waals surface area contributed by atoms with Gasteiger partial charge in [-0.05, 0) is 56.7 Å². The summed E-state index contributed by atoms with van der Waals surface area (Å²) >= 11 is 0. The normalized spacial score (nSPS) is 21.9. The van der Waals surface area contributed by atoms with Gasteiger partial charge in [0.05, 0.1) is 18.8 Å². The largest absolute Gasteiger partial charge is 0.494 e. The first-order valence-electron chi connectivity index (χ1n) is 12.1. The second-order valence-corrected chi connectivity index (χ2v) is 8.91. The summed E-state index contributed by atoms with van der Waals surface area (Å²) in [6.07, 6.45) is 3.25. The molecular formula is C25H39N3O5. The molecular weight excluding hydrogens is 422 g/mol. The topological polar surface area (TPSA) is 117 Å². The van der Waals surface area contributed by atoms with Crippen molar-refractivity contribution in [3.63, 3.8) is 0 Å². The van der Waals surface area contributed by atoms with Crippen LogP contribution >= 0.6 is 0 Å². The maximum atomic E-state index is 12.8. The highest BCUT2D eigenvalue weighted by molar-refractivity contribution is 5.87. The van der Waals surface area contributed by atoms with Gasteiger partial charge >= 0.3 is 0 Å². The molecule has 184 valence electrons. The minimum absolute atomic E-state index is 0.109. The number of aliphatic hydroxyl groups is 1. The Morgan fingerprint density at radius 1 is 1.27 bits per heavy atom. The van der Waals surface area contributed by atoms with Gasteiger partial charge in [0.25, 0.3) is 0 Å². The monoisotopic (exact) mass is 461 g/mol. The zero-order valence-electron chi connectivity index (χ0n) is 20.1. The maximum absolute atomic E-state index is 12.8. The Morgan fingerprint density at radius 3 is 2.82 bits per heavy atom. The van der Waals surface area contributed by atoms with E-state index in [1.54, 1.807) is 13.8 Å². The molecule has 0 aliphatic carbocycles. The fourth-order valence-corrected chi connectivity index (χ4v) is 3.76. The van der Waals surface area contributed by atoms with Crippen molar-refractivity contribution in [3.8, 4) is 5.75 Å². The molecule has 8 nitrogen and oxygen atoms in total. The van der Waals surface area contributed by atoms with Crippen LogP contribution in [0, 0.1) is 5.92 Å². The van der Waals surface area contributed by atoms with Gasteiger partial charge in [-0.3, -0.25) is 14.4 Å². The molecule has 3 amide bonds. The highest BCUT2D eigenvalue weighted by Gasteiger charge is 2.28. The molecule has 8 heteroatoms. The first-order valence-corrected chi connectivity index (χ1v) is 12.1. The quantitative estimate of drug-likeness (QED) is 0.464. The van der Waals surface area contributed by atoms with Crippen LogP contribution in [0.2, 0.25) is 0 Å². The van der Waals surface area contributed by atoms with E-state index in [4.69, 9.17) is 4.74 Å². The number of amides is 3. The number of hydrogen-bond donors (Lipinski definition) is 4.